The van der Waals surface area contributed by atoms with Crippen LogP contribution in [0.25, 0.3) is 11.1 Å². The second kappa shape index (κ2) is 5.59. The van der Waals surface area contributed by atoms with Crippen LogP contribution >= 0.6 is 0 Å². The maximum absolute atomic E-state index is 13.4. The van der Waals surface area contributed by atoms with Crippen molar-refractivity contribution in [1.29, 1.82) is 0 Å². The minimum absolute atomic E-state index is 0.203. The number of hydrogen-bond acceptors (Lipinski definition) is 2. The molecular formula is C16H17F2NO. The summed E-state index contributed by atoms with van der Waals surface area (Å²) < 4.78 is 26.5. The Kier molecular flexibility index (Phi) is 4.04. The lowest BCUT2D eigenvalue weighted by Crippen LogP contribution is -2.16. The van der Waals surface area contributed by atoms with Gasteiger partial charge in [0.2, 0.25) is 0 Å². The van der Waals surface area contributed by atoms with Crippen molar-refractivity contribution in [1.82, 2.24) is 4.90 Å². The molecule has 2 aromatic carbocycles. The Morgan fingerprint density at radius 2 is 1.75 bits per heavy atom. The summed E-state index contributed by atoms with van der Waals surface area (Å²) >= 11 is 0. The van der Waals surface area contributed by atoms with Gasteiger partial charge in [-0.15, -0.1) is 0 Å². The van der Waals surface area contributed by atoms with Gasteiger partial charge in [0.1, 0.15) is 0 Å². The number of phenols is 1. The van der Waals surface area contributed by atoms with Gasteiger partial charge in [-0.3, -0.25) is 0 Å². The number of rotatable bonds is 3. The van der Waals surface area contributed by atoms with Crippen molar-refractivity contribution in [2.75, 3.05) is 14.1 Å². The van der Waals surface area contributed by atoms with Gasteiger partial charge in [0.25, 0.3) is 0 Å². The van der Waals surface area contributed by atoms with Gasteiger partial charge in [0.15, 0.2) is 17.4 Å². The summed E-state index contributed by atoms with van der Waals surface area (Å²) in [5.74, 6) is -2.94. The molecule has 0 saturated heterocycles. The summed E-state index contributed by atoms with van der Waals surface area (Å²) in [6.45, 7) is 2.06. The summed E-state index contributed by atoms with van der Waals surface area (Å²) in [5.41, 5.74) is 2.26. The van der Waals surface area contributed by atoms with Crippen LogP contribution in [0.5, 0.6) is 5.75 Å². The first-order valence-electron chi connectivity index (χ1n) is 6.35. The van der Waals surface area contributed by atoms with E-state index in [-0.39, 0.29) is 6.04 Å². The fraction of sp³-hybridized carbons (Fsp3) is 0.250. The third kappa shape index (κ3) is 2.80. The van der Waals surface area contributed by atoms with Gasteiger partial charge >= 0.3 is 0 Å². The van der Waals surface area contributed by atoms with E-state index in [0.29, 0.717) is 5.56 Å². The van der Waals surface area contributed by atoms with Crippen molar-refractivity contribution in [2.45, 2.75) is 13.0 Å². The predicted octanol–water partition coefficient (Wildman–Crippen LogP) is 3.96. The average molecular weight is 277 g/mol. The summed E-state index contributed by atoms with van der Waals surface area (Å²) in [4.78, 5) is 2.06. The van der Waals surface area contributed by atoms with Crippen LogP contribution in [0.3, 0.4) is 0 Å². The molecule has 2 aromatic rings. The third-order valence-corrected chi connectivity index (χ3v) is 3.49. The van der Waals surface area contributed by atoms with Gasteiger partial charge in [0.05, 0.1) is 0 Å². The lowest BCUT2D eigenvalue weighted by molar-refractivity contribution is 0.321. The summed E-state index contributed by atoms with van der Waals surface area (Å²) in [7, 11) is 3.95. The summed E-state index contributed by atoms with van der Waals surface area (Å²) in [6, 6.07) is 10.1. The largest absolute Gasteiger partial charge is 0.505 e. The number of aromatic hydroxyl groups is 1. The van der Waals surface area contributed by atoms with Crippen LogP contribution in [-0.4, -0.2) is 24.1 Å². The van der Waals surface area contributed by atoms with Gasteiger partial charge in [-0.25, -0.2) is 4.39 Å². The molecular weight excluding hydrogens is 260 g/mol. The molecule has 0 spiro atoms. The van der Waals surface area contributed by atoms with Crippen LogP contribution in [0.2, 0.25) is 0 Å². The number of phenolic OH excluding ortho intramolecular Hbond substituents is 1. The molecule has 0 aromatic heterocycles. The van der Waals surface area contributed by atoms with Crippen LogP contribution < -0.4 is 0 Å². The van der Waals surface area contributed by atoms with E-state index in [1.807, 2.05) is 32.3 Å². The second-order valence-electron chi connectivity index (χ2n) is 5.06. The minimum atomic E-state index is -1.22. The highest BCUT2D eigenvalue weighted by Gasteiger charge is 2.13. The molecule has 0 amide bonds. The zero-order chi connectivity index (χ0) is 14.9. The van der Waals surface area contributed by atoms with Crippen molar-refractivity contribution in [2.24, 2.45) is 0 Å². The molecule has 4 heteroatoms. The first kappa shape index (κ1) is 14.5. The van der Waals surface area contributed by atoms with Crippen molar-refractivity contribution in [3.8, 4) is 16.9 Å². The van der Waals surface area contributed by atoms with E-state index in [0.717, 1.165) is 17.2 Å². The van der Waals surface area contributed by atoms with Crippen LogP contribution in [0, 0.1) is 11.6 Å². The number of benzene rings is 2. The normalized spacial score (nSPS) is 12.7. The quantitative estimate of drug-likeness (QED) is 0.918. The Morgan fingerprint density at radius 3 is 2.35 bits per heavy atom. The van der Waals surface area contributed by atoms with Crippen LogP contribution in [0.4, 0.5) is 8.78 Å². The topological polar surface area (TPSA) is 23.5 Å². The predicted molar refractivity (Wildman–Crippen MR) is 75.6 cm³/mol. The van der Waals surface area contributed by atoms with Crippen LogP contribution in [0.15, 0.2) is 36.4 Å². The van der Waals surface area contributed by atoms with E-state index in [1.165, 1.54) is 6.07 Å². The molecule has 0 heterocycles. The highest BCUT2D eigenvalue weighted by Crippen LogP contribution is 2.30. The molecule has 106 valence electrons. The van der Waals surface area contributed by atoms with Crippen molar-refractivity contribution in [3.63, 3.8) is 0 Å². The molecule has 1 atom stereocenters. The van der Waals surface area contributed by atoms with Crippen LogP contribution in [0.1, 0.15) is 18.5 Å². The molecule has 0 radical (unpaired) electrons. The first-order valence-corrected chi connectivity index (χ1v) is 6.35. The lowest BCUT2D eigenvalue weighted by Gasteiger charge is -2.20. The molecule has 0 unspecified atom stereocenters. The molecule has 2 nitrogen and oxygen atoms in total. The van der Waals surface area contributed by atoms with Crippen molar-refractivity contribution in [3.05, 3.63) is 53.6 Å². The zero-order valence-corrected chi connectivity index (χ0v) is 11.7. The number of halogens is 2. The Balaban J connectivity index is 2.46. The van der Waals surface area contributed by atoms with Gasteiger partial charge in [-0.2, -0.15) is 4.39 Å². The van der Waals surface area contributed by atoms with Crippen molar-refractivity contribution < 1.29 is 13.9 Å². The molecule has 1 N–H and O–H groups in total. The first-order chi connectivity index (χ1) is 9.40. The van der Waals surface area contributed by atoms with E-state index in [1.54, 1.807) is 6.07 Å². The van der Waals surface area contributed by atoms with Gasteiger partial charge < -0.3 is 10.0 Å². The van der Waals surface area contributed by atoms with E-state index < -0.39 is 17.4 Å². The second-order valence-corrected chi connectivity index (χ2v) is 5.06. The molecule has 2 rings (SSSR count). The van der Waals surface area contributed by atoms with E-state index in [9.17, 15) is 13.9 Å². The zero-order valence-electron chi connectivity index (χ0n) is 11.7. The highest BCUT2D eigenvalue weighted by molar-refractivity contribution is 5.66. The Hall–Kier alpha value is -1.94. The molecule has 0 saturated carbocycles. The van der Waals surface area contributed by atoms with Gasteiger partial charge in [0, 0.05) is 6.04 Å². The smallest absolute Gasteiger partial charge is 0.200 e. The average Bonchev–Trinajstić information content (AvgIpc) is 2.43. The van der Waals surface area contributed by atoms with Crippen LogP contribution in [-0.2, 0) is 0 Å². The molecule has 0 aliphatic rings. The van der Waals surface area contributed by atoms with E-state index >= 15 is 0 Å². The molecule has 0 fully saturated rings. The fourth-order valence-electron chi connectivity index (χ4n) is 2.02. The maximum atomic E-state index is 13.4. The highest BCUT2D eigenvalue weighted by atomic mass is 19.2. The SMILES string of the molecule is C[C@H](c1cccc(-c2cc(O)c(F)c(F)c2)c1)N(C)C. The van der Waals surface area contributed by atoms with E-state index in [2.05, 4.69) is 11.8 Å². The summed E-state index contributed by atoms with van der Waals surface area (Å²) in [6.07, 6.45) is 0. The lowest BCUT2D eigenvalue weighted by atomic mass is 9.99. The fourth-order valence-corrected chi connectivity index (χ4v) is 2.02. The standard InChI is InChI=1S/C16H17F2NO/c1-10(19(2)3)11-5-4-6-12(7-11)13-8-14(17)16(18)15(20)9-13/h4-10,20H,1-3H3/t10-/m1/s1. The summed E-state index contributed by atoms with van der Waals surface area (Å²) in [5, 5.41) is 9.39. The molecule has 0 aliphatic heterocycles. The van der Waals surface area contributed by atoms with Gasteiger partial charge in [-0.05, 0) is 55.9 Å². The molecule has 0 aliphatic carbocycles. The Morgan fingerprint density at radius 1 is 1.05 bits per heavy atom. The number of nitrogens with zero attached hydrogens (tertiary/aromatic N) is 1. The minimum Gasteiger partial charge on any atom is -0.505 e. The Labute approximate surface area is 117 Å². The third-order valence-electron chi connectivity index (χ3n) is 3.49. The molecule has 0 bridgehead atoms. The molecule has 20 heavy (non-hydrogen) atoms. The van der Waals surface area contributed by atoms with Gasteiger partial charge in [-0.1, -0.05) is 18.2 Å². The Bertz CT molecular complexity index is 603. The number of hydrogen-bond donors (Lipinski definition) is 1. The van der Waals surface area contributed by atoms with Crippen molar-refractivity contribution >= 4 is 0 Å². The maximum Gasteiger partial charge on any atom is 0.200 e. The monoisotopic (exact) mass is 277 g/mol. The van der Waals surface area contributed by atoms with E-state index in [4.69, 9.17) is 0 Å².